The largest absolute Gasteiger partial charge is 0.469 e. The Morgan fingerprint density at radius 1 is 1.32 bits per heavy atom. The zero-order valence-electron chi connectivity index (χ0n) is 11.5. The standard InChI is InChI=1S/C13H11N5O3S/c1-8-9(6-7-21-8)12-15-16-13(17(12)14)22-11-5-3-2-4-10(11)18(19)20/h2-7H,14H2,1H3. The molecule has 0 radical (unpaired) electrons. The molecule has 0 saturated heterocycles. The Kier molecular flexibility index (Phi) is 3.55. The number of aromatic nitrogens is 3. The highest BCUT2D eigenvalue weighted by Gasteiger charge is 2.20. The number of furan rings is 1. The molecule has 3 aromatic rings. The van der Waals surface area contributed by atoms with Gasteiger partial charge in [-0.1, -0.05) is 12.1 Å². The van der Waals surface area contributed by atoms with Crippen LogP contribution in [0.1, 0.15) is 5.76 Å². The van der Waals surface area contributed by atoms with Crippen LogP contribution in [0.4, 0.5) is 5.69 Å². The lowest BCUT2D eigenvalue weighted by Crippen LogP contribution is -2.11. The van der Waals surface area contributed by atoms with Gasteiger partial charge in [0, 0.05) is 6.07 Å². The lowest BCUT2D eigenvalue weighted by atomic mass is 10.2. The Hall–Kier alpha value is -2.81. The van der Waals surface area contributed by atoms with Crippen LogP contribution in [0.2, 0.25) is 0 Å². The zero-order valence-corrected chi connectivity index (χ0v) is 12.3. The molecule has 22 heavy (non-hydrogen) atoms. The summed E-state index contributed by atoms with van der Waals surface area (Å²) in [6.07, 6.45) is 1.54. The van der Waals surface area contributed by atoms with Crippen LogP contribution in [-0.4, -0.2) is 19.8 Å². The molecular weight excluding hydrogens is 306 g/mol. The third-order valence-electron chi connectivity index (χ3n) is 3.03. The number of hydrogen-bond acceptors (Lipinski definition) is 7. The smallest absolute Gasteiger partial charge is 0.283 e. The monoisotopic (exact) mass is 317 g/mol. The molecule has 2 heterocycles. The van der Waals surface area contributed by atoms with Crippen molar-refractivity contribution in [2.75, 3.05) is 5.84 Å². The lowest BCUT2D eigenvalue weighted by Gasteiger charge is -2.03. The summed E-state index contributed by atoms with van der Waals surface area (Å²) in [6.45, 7) is 1.79. The predicted octanol–water partition coefficient (Wildman–Crippen LogP) is 2.62. The van der Waals surface area contributed by atoms with Crippen molar-refractivity contribution >= 4 is 17.4 Å². The second-order valence-electron chi connectivity index (χ2n) is 4.39. The topological polar surface area (TPSA) is 113 Å². The molecule has 2 aromatic heterocycles. The van der Waals surface area contributed by atoms with Gasteiger partial charge in [-0.05, 0) is 30.8 Å². The summed E-state index contributed by atoms with van der Waals surface area (Å²) in [5.41, 5.74) is 0.723. The van der Waals surface area contributed by atoms with E-state index in [0.29, 0.717) is 21.6 Å². The molecule has 2 N–H and O–H groups in total. The number of nitrogen functional groups attached to an aromatic ring is 1. The van der Waals surface area contributed by atoms with Crippen LogP contribution in [0.25, 0.3) is 11.4 Å². The molecule has 3 rings (SSSR count). The van der Waals surface area contributed by atoms with Crippen molar-refractivity contribution in [1.29, 1.82) is 0 Å². The van der Waals surface area contributed by atoms with Crippen LogP contribution in [0.3, 0.4) is 0 Å². The van der Waals surface area contributed by atoms with Gasteiger partial charge < -0.3 is 10.3 Å². The van der Waals surface area contributed by atoms with Gasteiger partial charge in [-0.2, -0.15) is 0 Å². The second kappa shape index (κ2) is 5.53. The Morgan fingerprint density at radius 3 is 2.77 bits per heavy atom. The molecule has 0 aliphatic heterocycles. The van der Waals surface area contributed by atoms with E-state index >= 15 is 0 Å². The summed E-state index contributed by atoms with van der Waals surface area (Å²) in [6, 6.07) is 8.13. The fourth-order valence-corrected chi connectivity index (χ4v) is 2.80. The summed E-state index contributed by atoms with van der Waals surface area (Å²) < 4.78 is 6.51. The van der Waals surface area contributed by atoms with Gasteiger partial charge in [0.25, 0.3) is 5.69 Å². The third kappa shape index (κ3) is 2.42. The van der Waals surface area contributed by atoms with Crippen LogP contribution in [0.15, 0.2) is 51.1 Å². The number of nitrogens with zero attached hydrogens (tertiary/aromatic N) is 4. The molecule has 8 nitrogen and oxygen atoms in total. The van der Waals surface area contributed by atoms with E-state index < -0.39 is 4.92 Å². The highest BCUT2D eigenvalue weighted by molar-refractivity contribution is 7.99. The van der Waals surface area contributed by atoms with Gasteiger partial charge in [-0.15, -0.1) is 10.2 Å². The Labute approximate surface area is 129 Å². The molecule has 0 atom stereocenters. The number of para-hydroxylation sites is 1. The first-order valence-electron chi connectivity index (χ1n) is 6.24. The van der Waals surface area contributed by atoms with E-state index in [1.165, 1.54) is 17.0 Å². The van der Waals surface area contributed by atoms with E-state index in [4.69, 9.17) is 10.3 Å². The Bertz CT molecular complexity index is 842. The van der Waals surface area contributed by atoms with Crippen LogP contribution >= 0.6 is 11.8 Å². The van der Waals surface area contributed by atoms with E-state index in [1.807, 2.05) is 0 Å². The van der Waals surface area contributed by atoms with Gasteiger partial charge in [0.2, 0.25) is 5.16 Å². The van der Waals surface area contributed by atoms with Crippen LogP contribution in [0.5, 0.6) is 0 Å². The highest BCUT2D eigenvalue weighted by atomic mass is 32.2. The molecular formula is C13H11N5O3S. The molecule has 1 aromatic carbocycles. The van der Waals surface area contributed by atoms with Gasteiger partial charge >= 0.3 is 0 Å². The maximum Gasteiger partial charge on any atom is 0.283 e. The second-order valence-corrected chi connectivity index (χ2v) is 5.40. The van der Waals surface area contributed by atoms with E-state index in [2.05, 4.69) is 10.2 Å². The summed E-state index contributed by atoms with van der Waals surface area (Å²) in [4.78, 5) is 11.0. The molecule has 0 aliphatic rings. The number of benzene rings is 1. The minimum Gasteiger partial charge on any atom is -0.469 e. The maximum atomic E-state index is 11.0. The molecule has 112 valence electrons. The molecule has 0 amide bonds. The van der Waals surface area contributed by atoms with Gasteiger partial charge in [0.1, 0.15) is 5.76 Å². The Balaban J connectivity index is 1.97. The minimum atomic E-state index is -0.444. The first kappa shape index (κ1) is 14.1. The van der Waals surface area contributed by atoms with E-state index in [9.17, 15) is 10.1 Å². The summed E-state index contributed by atoms with van der Waals surface area (Å²) in [7, 11) is 0. The van der Waals surface area contributed by atoms with Gasteiger partial charge in [-0.3, -0.25) is 10.1 Å². The Morgan fingerprint density at radius 2 is 2.09 bits per heavy atom. The molecule has 9 heteroatoms. The highest BCUT2D eigenvalue weighted by Crippen LogP contribution is 2.34. The van der Waals surface area contributed by atoms with Crippen molar-refractivity contribution < 1.29 is 9.34 Å². The van der Waals surface area contributed by atoms with E-state index in [0.717, 1.165) is 17.3 Å². The quantitative estimate of drug-likeness (QED) is 0.447. The number of nitro groups is 1. The van der Waals surface area contributed by atoms with Gasteiger partial charge in [0.05, 0.1) is 21.6 Å². The number of aryl methyl sites for hydroxylation is 1. The summed E-state index contributed by atoms with van der Waals surface area (Å²) in [5.74, 6) is 7.10. The molecule has 0 fully saturated rings. The van der Waals surface area contributed by atoms with Crippen molar-refractivity contribution in [3.05, 3.63) is 52.5 Å². The third-order valence-corrected chi connectivity index (χ3v) is 4.05. The summed E-state index contributed by atoms with van der Waals surface area (Å²) >= 11 is 1.09. The van der Waals surface area contributed by atoms with Crippen molar-refractivity contribution in [2.24, 2.45) is 0 Å². The number of rotatable bonds is 4. The first-order valence-corrected chi connectivity index (χ1v) is 7.06. The molecule has 0 spiro atoms. The number of hydrogen-bond donors (Lipinski definition) is 1. The first-order chi connectivity index (χ1) is 10.6. The molecule has 0 bridgehead atoms. The molecule has 0 unspecified atom stereocenters. The summed E-state index contributed by atoms with van der Waals surface area (Å²) in [5, 5.41) is 19.4. The fourth-order valence-electron chi connectivity index (χ4n) is 1.94. The van der Waals surface area contributed by atoms with Crippen molar-refractivity contribution in [3.63, 3.8) is 0 Å². The van der Waals surface area contributed by atoms with Crippen molar-refractivity contribution in [3.8, 4) is 11.4 Å². The van der Waals surface area contributed by atoms with Crippen molar-refractivity contribution in [1.82, 2.24) is 14.9 Å². The van der Waals surface area contributed by atoms with Crippen LogP contribution < -0.4 is 5.84 Å². The normalized spacial score (nSPS) is 10.8. The fraction of sp³-hybridized carbons (Fsp3) is 0.0769. The molecule has 0 saturated carbocycles. The average molecular weight is 317 g/mol. The number of nitrogens with two attached hydrogens (primary N) is 1. The zero-order chi connectivity index (χ0) is 15.7. The van der Waals surface area contributed by atoms with Gasteiger partial charge in [0.15, 0.2) is 5.82 Å². The minimum absolute atomic E-state index is 0.00320. The van der Waals surface area contributed by atoms with E-state index in [-0.39, 0.29) is 5.69 Å². The maximum absolute atomic E-state index is 11.0. The lowest BCUT2D eigenvalue weighted by molar-refractivity contribution is -0.387. The van der Waals surface area contributed by atoms with E-state index in [1.54, 1.807) is 31.2 Å². The van der Waals surface area contributed by atoms with Crippen LogP contribution in [-0.2, 0) is 0 Å². The average Bonchev–Trinajstić information content (AvgIpc) is 3.06. The SMILES string of the molecule is Cc1occc1-c1nnc(Sc2ccccc2[N+](=O)[O-])n1N. The van der Waals surface area contributed by atoms with Gasteiger partial charge in [-0.25, -0.2) is 4.68 Å². The molecule has 0 aliphatic carbocycles. The van der Waals surface area contributed by atoms with Crippen molar-refractivity contribution in [2.45, 2.75) is 17.0 Å². The predicted molar refractivity (Wildman–Crippen MR) is 79.8 cm³/mol. The van der Waals surface area contributed by atoms with Crippen LogP contribution in [0, 0.1) is 17.0 Å². The number of nitro benzene ring substituents is 1.